The van der Waals surface area contributed by atoms with Gasteiger partial charge in [-0.15, -0.1) is 0 Å². The fourth-order valence-electron chi connectivity index (χ4n) is 4.62. The SMILES string of the molecule is Cc1cccc(S(=O)(=O)Nc2cc(C(=O)O)cnc2N2CCC[C@@H](CN3CCCC3)C2)c1. The van der Waals surface area contributed by atoms with Crippen LogP contribution in [0.4, 0.5) is 11.5 Å². The van der Waals surface area contributed by atoms with E-state index in [4.69, 9.17) is 0 Å². The highest BCUT2D eigenvalue weighted by atomic mass is 32.2. The van der Waals surface area contributed by atoms with E-state index < -0.39 is 16.0 Å². The molecule has 0 spiro atoms. The standard InChI is InChI=1S/C23H30N4O4S/c1-17-6-4-8-20(12-17)32(30,31)25-21-13-19(23(28)29)14-24-22(21)27-11-5-7-18(16-27)15-26-9-2-3-10-26/h4,6,8,12-14,18,25H,2-3,5,7,9-11,15-16H2,1H3,(H,28,29)/t18-/m0/s1. The highest BCUT2D eigenvalue weighted by Gasteiger charge is 2.27. The number of aromatic carboxylic acids is 1. The first-order chi connectivity index (χ1) is 15.3. The van der Waals surface area contributed by atoms with Crippen LogP contribution in [0.25, 0.3) is 0 Å². The van der Waals surface area contributed by atoms with Crippen molar-refractivity contribution >= 4 is 27.5 Å². The second-order valence-corrected chi connectivity index (χ2v) is 10.5. The summed E-state index contributed by atoms with van der Waals surface area (Å²) in [5.74, 6) is -0.188. The van der Waals surface area contributed by atoms with Gasteiger partial charge in [-0.05, 0) is 75.4 Å². The summed E-state index contributed by atoms with van der Waals surface area (Å²) in [6.07, 6.45) is 5.92. The van der Waals surface area contributed by atoms with Crippen LogP contribution < -0.4 is 9.62 Å². The first-order valence-corrected chi connectivity index (χ1v) is 12.6. The van der Waals surface area contributed by atoms with E-state index >= 15 is 0 Å². The predicted molar refractivity (Wildman–Crippen MR) is 124 cm³/mol. The molecule has 0 saturated carbocycles. The molecule has 0 amide bonds. The van der Waals surface area contributed by atoms with Gasteiger partial charge in [-0.2, -0.15) is 0 Å². The van der Waals surface area contributed by atoms with Crippen molar-refractivity contribution in [2.75, 3.05) is 42.3 Å². The number of piperidine rings is 1. The van der Waals surface area contributed by atoms with Crippen LogP contribution in [0.2, 0.25) is 0 Å². The number of sulfonamides is 1. The number of aryl methyl sites for hydroxylation is 1. The number of nitrogens with one attached hydrogen (secondary N) is 1. The summed E-state index contributed by atoms with van der Waals surface area (Å²) in [4.78, 5) is 20.6. The number of aromatic nitrogens is 1. The van der Waals surface area contributed by atoms with Gasteiger partial charge in [-0.3, -0.25) is 4.72 Å². The minimum absolute atomic E-state index is 0.0543. The molecular weight excluding hydrogens is 428 g/mol. The summed E-state index contributed by atoms with van der Waals surface area (Å²) in [5.41, 5.74) is 0.973. The predicted octanol–water partition coefficient (Wildman–Crippen LogP) is 3.20. The molecule has 9 heteroatoms. The van der Waals surface area contributed by atoms with Crippen LogP contribution in [-0.4, -0.2) is 62.1 Å². The van der Waals surface area contributed by atoms with Gasteiger partial charge in [0, 0.05) is 25.8 Å². The summed E-state index contributed by atoms with van der Waals surface area (Å²) in [7, 11) is -3.89. The number of hydrogen-bond acceptors (Lipinski definition) is 6. The molecule has 2 aliphatic heterocycles. The zero-order valence-corrected chi connectivity index (χ0v) is 19.1. The molecule has 3 heterocycles. The molecule has 32 heavy (non-hydrogen) atoms. The molecule has 2 aliphatic rings. The molecule has 2 fully saturated rings. The Bertz CT molecular complexity index is 1080. The number of likely N-dealkylation sites (tertiary alicyclic amines) is 1. The van der Waals surface area contributed by atoms with Gasteiger partial charge < -0.3 is 14.9 Å². The van der Waals surface area contributed by atoms with E-state index in [2.05, 4.69) is 19.5 Å². The number of nitrogens with zero attached hydrogens (tertiary/aromatic N) is 3. The van der Waals surface area contributed by atoms with Crippen molar-refractivity contribution in [3.8, 4) is 0 Å². The average Bonchev–Trinajstić information content (AvgIpc) is 3.26. The number of carboxylic acid groups (broad SMARTS) is 1. The van der Waals surface area contributed by atoms with E-state index in [9.17, 15) is 18.3 Å². The molecule has 1 aromatic heterocycles. The molecule has 2 aromatic rings. The van der Waals surface area contributed by atoms with E-state index in [1.807, 2.05) is 13.0 Å². The van der Waals surface area contributed by atoms with Crippen LogP contribution in [0.5, 0.6) is 0 Å². The van der Waals surface area contributed by atoms with Crippen LogP contribution in [-0.2, 0) is 10.0 Å². The summed E-state index contributed by atoms with van der Waals surface area (Å²) in [6.45, 7) is 6.68. The van der Waals surface area contributed by atoms with Crippen molar-refractivity contribution < 1.29 is 18.3 Å². The summed E-state index contributed by atoms with van der Waals surface area (Å²) in [5, 5.41) is 9.43. The lowest BCUT2D eigenvalue weighted by atomic mass is 9.97. The van der Waals surface area contributed by atoms with Crippen LogP contribution in [0.15, 0.2) is 41.4 Å². The van der Waals surface area contributed by atoms with E-state index in [-0.39, 0.29) is 16.1 Å². The lowest BCUT2D eigenvalue weighted by molar-refractivity contribution is 0.0696. The van der Waals surface area contributed by atoms with Crippen molar-refractivity contribution in [2.45, 2.75) is 37.5 Å². The van der Waals surface area contributed by atoms with Crippen LogP contribution in [0, 0.1) is 12.8 Å². The first kappa shape index (κ1) is 22.5. The van der Waals surface area contributed by atoms with Gasteiger partial charge in [-0.1, -0.05) is 12.1 Å². The second-order valence-electron chi connectivity index (χ2n) is 8.78. The number of hydrogen-bond donors (Lipinski definition) is 2. The quantitative estimate of drug-likeness (QED) is 0.657. The van der Waals surface area contributed by atoms with Gasteiger partial charge in [0.1, 0.15) is 0 Å². The normalized spacial score (nSPS) is 19.8. The Morgan fingerprint density at radius 3 is 2.69 bits per heavy atom. The maximum atomic E-state index is 13.1. The first-order valence-electron chi connectivity index (χ1n) is 11.1. The number of carboxylic acids is 1. The molecule has 0 radical (unpaired) electrons. The topological polar surface area (TPSA) is 103 Å². The van der Waals surface area contributed by atoms with Gasteiger partial charge in [-0.25, -0.2) is 18.2 Å². The van der Waals surface area contributed by atoms with Gasteiger partial charge in [0.2, 0.25) is 0 Å². The molecule has 4 rings (SSSR count). The fraction of sp³-hybridized carbons (Fsp3) is 0.478. The highest BCUT2D eigenvalue weighted by molar-refractivity contribution is 7.92. The van der Waals surface area contributed by atoms with Gasteiger partial charge >= 0.3 is 5.97 Å². The maximum Gasteiger partial charge on any atom is 0.337 e. The van der Waals surface area contributed by atoms with Crippen LogP contribution in [0.3, 0.4) is 0 Å². The second kappa shape index (κ2) is 9.46. The van der Waals surface area contributed by atoms with E-state index in [1.165, 1.54) is 31.2 Å². The third-order valence-electron chi connectivity index (χ3n) is 6.19. The van der Waals surface area contributed by atoms with Crippen molar-refractivity contribution in [3.63, 3.8) is 0 Å². The van der Waals surface area contributed by atoms with Crippen molar-refractivity contribution in [1.82, 2.24) is 9.88 Å². The number of rotatable bonds is 7. The summed E-state index contributed by atoms with van der Waals surface area (Å²) < 4.78 is 28.7. The van der Waals surface area contributed by atoms with Gasteiger partial charge in [0.25, 0.3) is 10.0 Å². The number of pyridine rings is 1. The molecule has 0 bridgehead atoms. The summed E-state index contributed by atoms with van der Waals surface area (Å²) >= 11 is 0. The van der Waals surface area contributed by atoms with Gasteiger partial charge in [0.05, 0.1) is 16.1 Å². The molecule has 0 aliphatic carbocycles. The Balaban J connectivity index is 1.61. The number of anilines is 2. The fourth-order valence-corrected chi connectivity index (χ4v) is 5.78. The zero-order chi connectivity index (χ0) is 22.7. The van der Waals surface area contributed by atoms with E-state index in [1.54, 1.807) is 12.1 Å². The third kappa shape index (κ3) is 5.21. The Hall–Kier alpha value is -2.65. The molecule has 2 N–H and O–H groups in total. The highest BCUT2D eigenvalue weighted by Crippen LogP contribution is 2.31. The Labute approximate surface area is 189 Å². The minimum atomic E-state index is -3.89. The Kier molecular flexibility index (Phi) is 6.66. The molecule has 172 valence electrons. The largest absolute Gasteiger partial charge is 0.478 e. The molecule has 1 aromatic carbocycles. The monoisotopic (exact) mass is 458 g/mol. The molecule has 1 atom stereocenters. The minimum Gasteiger partial charge on any atom is -0.478 e. The van der Waals surface area contributed by atoms with E-state index in [0.29, 0.717) is 11.7 Å². The van der Waals surface area contributed by atoms with Crippen LogP contribution >= 0.6 is 0 Å². The average molecular weight is 459 g/mol. The Morgan fingerprint density at radius 1 is 1.19 bits per heavy atom. The lowest BCUT2D eigenvalue weighted by Gasteiger charge is -2.36. The van der Waals surface area contributed by atoms with Crippen molar-refractivity contribution in [3.05, 3.63) is 47.7 Å². The lowest BCUT2D eigenvalue weighted by Crippen LogP contribution is -2.41. The molecule has 0 unspecified atom stereocenters. The maximum absolute atomic E-state index is 13.1. The van der Waals surface area contributed by atoms with Crippen LogP contribution in [0.1, 0.15) is 41.6 Å². The van der Waals surface area contributed by atoms with E-state index in [0.717, 1.165) is 51.1 Å². The zero-order valence-electron chi connectivity index (χ0n) is 18.3. The molecular formula is C23H30N4O4S. The summed E-state index contributed by atoms with van der Waals surface area (Å²) in [6, 6.07) is 7.98. The van der Waals surface area contributed by atoms with Crippen molar-refractivity contribution in [1.29, 1.82) is 0 Å². The third-order valence-corrected chi connectivity index (χ3v) is 7.55. The Morgan fingerprint density at radius 2 is 1.97 bits per heavy atom. The molecule has 8 nitrogen and oxygen atoms in total. The van der Waals surface area contributed by atoms with Gasteiger partial charge in [0.15, 0.2) is 5.82 Å². The van der Waals surface area contributed by atoms with Crippen molar-refractivity contribution in [2.24, 2.45) is 5.92 Å². The number of carbonyl (C=O) groups is 1. The smallest absolute Gasteiger partial charge is 0.337 e. The number of benzene rings is 1. The molecule has 2 saturated heterocycles.